The van der Waals surface area contributed by atoms with Crippen LogP contribution in [0.15, 0.2) is 41.8 Å². The maximum absolute atomic E-state index is 13.2. The van der Waals surface area contributed by atoms with Crippen LogP contribution < -0.4 is 5.32 Å². The number of rotatable bonds is 10. The highest BCUT2D eigenvalue weighted by atomic mass is 32.1. The van der Waals surface area contributed by atoms with Gasteiger partial charge in [-0.05, 0) is 42.8 Å². The molecule has 0 radical (unpaired) electrons. The molecule has 1 aromatic carbocycles. The minimum absolute atomic E-state index is 0.221. The van der Waals surface area contributed by atoms with Gasteiger partial charge in [-0.2, -0.15) is 0 Å². The zero-order valence-electron chi connectivity index (χ0n) is 19.8. The van der Waals surface area contributed by atoms with Crippen molar-refractivity contribution in [1.82, 2.24) is 14.5 Å². The molecular weight excluding hydrogens is 448 g/mol. The fourth-order valence-electron chi connectivity index (χ4n) is 4.16. The molecule has 0 spiro atoms. The number of amides is 1. The number of aromatic nitrogens is 3. The molecule has 4 rings (SSSR count). The number of nitrogens with zero attached hydrogens (tertiary/aromatic N) is 3. The van der Waals surface area contributed by atoms with Crippen molar-refractivity contribution in [2.24, 2.45) is 5.92 Å². The maximum Gasteiger partial charge on any atom is 0.344 e. The monoisotopic (exact) mass is 478 g/mol. The van der Waals surface area contributed by atoms with Gasteiger partial charge in [0.15, 0.2) is 5.65 Å². The van der Waals surface area contributed by atoms with Gasteiger partial charge in [-0.3, -0.25) is 4.79 Å². The van der Waals surface area contributed by atoms with E-state index in [0.717, 1.165) is 31.2 Å². The first-order valence-electron chi connectivity index (χ1n) is 11.9. The molecule has 0 aliphatic carbocycles. The van der Waals surface area contributed by atoms with Gasteiger partial charge in [0.1, 0.15) is 16.9 Å². The highest BCUT2D eigenvalue weighted by molar-refractivity contribution is 7.12. The molecule has 3 heterocycles. The quantitative estimate of drug-likeness (QED) is 0.271. The predicted octanol–water partition coefficient (Wildman–Crippen LogP) is 6.29. The lowest BCUT2D eigenvalue weighted by molar-refractivity contribution is 0.0529. The molecular formula is C26H30N4O3S. The van der Waals surface area contributed by atoms with Crippen LogP contribution in [0.4, 0.5) is 5.82 Å². The molecule has 178 valence electrons. The van der Waals surface area contributed by atoms with Crippen molar-refractivity contribution in [1.29, 1.82) is 0 Å². The first-order valence-corrected chi connectivity index (χ1v) is 12.8. The van der Waals surface area contributed by atoms with Crippen LogP contribution in [0.1, 0.15) is 66.5 Å². The fraction of sp³-hybridized carbons (Fsp3) is 0.385. The Bertz CT molecular complexity index is 1300. The Balaban J connectivity index is 1.94. The van der Waals surface area contributed by atoms with Crippen molar-refractivity contribution < 1.29 is 14.3 Å². The standard InChI is InChI=1S/C26H30N4O3S/c1-4-7-11-17(5-2)16-30-23(29-25(31)20-14-10-15-34-20)21(26(32)33-6-3)22-24(30)28-19-13-9-8-12-18(19)27-22/h8-10,12-15,17H,4-7,11,16H2,1-3H3,(H,29,31). The van der Waals surface area contributed by atoms with Gasteiger partial charge in [0.2, 0.25) is 0 Å². The van der Waals surface area contributed by atoms with Gasteiger partial charge in [-0.25, -0.2) is 14.8 Å². The molecule has 8 heteroatoms. The lowest BCUT2D eigenvalue weighted by Crippen LogP contribution is -2.19. The number of thiophene rings is 1. The van der Waals surface area contributed by atoms with E-state index >= 15 is 0 Å². The van der Waals surface area contributed by atoms with Gasteiger partial charge >= 0.3 is 5.97 Å². The number of carbonyl (C=O) groups is 2. The summed E-state index contributed by atoms with van der Waals surface area (Å²) >= 11 is 1.35. The lowest BCUT2D eigenvalue weighted by atomic mass is 9.99. The van der Waals surface area contributed by atoms with Crippen molar-refractivity contribution in [3.63, 3.8) is 0 Å². The summed E-state index contributed by atoms with van der Waals surface area (Å²) in [5, 5.41) is 4.86. The summed E-state index contributed by atoms with van der Waals surface area (Å²) < 4.78 is 7.36. The number of fused-ring (bicyclic) bond motifs is 2. The van der Waals surface area contributed by atoms with Gasteiger partial charge in [0, 0.05) is 6.54 Å². The third kappa shape index (κ3) is 4.82. The normalized spacial score (nSPS) is 12.2. The Kier molecular flexibility index (Phi) is 7.57. The molecule has 1 amide bonds. The third-order valence-corrected chi connectivity index (χ3v) is 6.86. The van der Waals surface area contributed by atoms with Crippen molar-refractivity contribution in [2.45, 2.75) is 53.0 Å². The summed E-state index contributed by atoms with van der Waals surface area (Å²) in [6.07, 6.45) is 4.27. The molecule has 4 aromatic rings. The summed E-state index contributed by atoms with van der Waals surface area (Å²) in [5.74, 6) is -0.0111. The van der Waals surface area contributed by atoms with Crippen LogP contribution in [0, 0.1) is 5.92 Å². The Morgan fingerprint density at radius 3 is 2.50 bits per heavy atom. The van der Waals surface area contributed by atoms with E-state index in [0.29, 0.717) is 39.8 Å². The van der Waals surface area contributed by atoms with E-state index in [2.05, 4.69) is 19.2 Å². The number of unbranched alkanes of at least 4 members (excludes halogenated alkanes) is 1. The summed E-state index contributed by atoms with van der Waals surface area (Å²) in [4.78, 5) is 36.5. The van der Waals surface area contributed by atoms with Crippen LogP contribution >= 0.6 is 11.3 Å². The van der Waals surface area contributed by atoms with Crippen molar-refractivity contribution >= 4 is 51.2 Å². The zero-order chi connectivity index (χ0) is 24.1. The minimum Gasteiger partial charge on any atom is -0.462 e. The topological polar surface area (TPSA) is 86.1 Å². The largest absolute Gasteiger partial charge is 0.462 e. The SMILES string of the molecule is CCCCC(CC)Cn1c(NC(=O)c2cccs2)c(C(=O)OCC)c2nc3ccccc3nc21. The molecule has 0 aliphatic rings. The number of hydrogen-bond donors (Lipinski definition) is 1. The molecule has 1 N–H and O–H groups in total. The molecule has 0 saturated carbocycles. The second-order valence-corrected chi connectivity index (χ2v) is 9.23. The Morgan fingerprint density at radius 1 is 1.09 bits per heavy atom. The van der Waals surface area contributed by atoms with E-state index in [1.165, 1.54) is 11.3 Å². The van der Waals surface area contributed by atoms with Gasteiger partial charge < -0.3 is 14.6 Å². The highest BCUT2D eigenvalue weighted by Gasteiger charge is 2.29. The van der Waals surface area contributed by atoms with E-state index in [1.807, 2.05) is 40.3 Å². The molecule has 7 nitrogen and oxygen atoms in total. The summed E-state index contributed by atoms with van der Waals surface area (Å²) in [5.41, 5.74) is 2.71. The predicted molar refractivity (Wildman–Crippen MR) is 137 cm³/mol. The van der Waals surface area contributed by atoms with Crippen LogP contribution in [0.3, 0.4) is 0 Å². The molecule has 34 heavy (non-hydrogen) atoms. The third-order valence-electron chi connectivity index (χ3n) is 5.99. The number of carbonyl (C=O) groups excluding carboxylic acids is 2. The summed E-state index contributed by atoms with van der Waals surface area (Å²) in [6, 6.07) is 11.2. The number of esters is 1. The van der Waals surface area contributed by atoms with E-state index in [-0.39, 0.29) is 18.1 Å². The lowest BCUT2D eigenvalue weighted by Gasteiger charge is -2.19. The minimum atomic E-state index is -0.515. The number of para-hydroxylation sites is 2. The number of ether oxygens (including phenoxy) is 1. The summed E-state index contributed by atoms with van der Waals surface area (Å²) in [6.45, 7) is 6.96. The molecule has 3 aromatic heterocycles. The average molecular weight is 479 g/mol. The maximum atomic E-state index is 13.2. The van der Waals surface area contributed by atoms with Crippen LogP contribution in [-0.2, 0) is 11.3 Å². The Labute approximate surface area is 203 Å². The van der Waals surface area contributed by atoms with E-state index in [1.54, 1.807) is 13.0 Å². The molecule has 0 bridgehead atoms. The summed E-state index contributed by atoms with van der Waals surface area (Å²) in [7, 11) is 0. The van der Waals surface area contributed by atoms with Crippen molar-refractivity contribution in [3.8, 4) is 0 Å². The number of benzene rings is 1. The molecule has 0 fully saturated rings. The van der Waals surface area contributed by atoms with Crippen LogP contribution in [0.5, 0.6) is 0 Å². The molecule has 0 aliphatic heterocycles. The average Bonchev–Trinajstić information content (AvgIpc) is 3.47. The first kappa shape index (κ1) is 23.9. The van der Waals surface area contributed by atoms with Crippen LogP contribution in [0.2, 0.25) is 0 Å². The van der Waals surface area contributed by atoms with E-state index in [4.69, 9.17) is 14.7 Å². The number of nitrogens with one attached hydrogen (secondary N) is 1. The molecule has 0 saturated heterocycles. The number of hydrogen-bond acceptors (Lipinski definition) is 6. The zero-order valence-corrected chi connectivity index (χ0v) is 20.7. The highest BCUT2D eigenvalue weighted by Crippen LogP contribution is 2.33. The van der Waals surface area contributed by atoms with E-state index in [9.17, 15) is 9.59 Å². The van der Waals surface area contributed by atoms with Gasteiger partial charge in [-0.1, -0.05) is 51.3 Å². The van der Waals surface area contributed by atoms with Gasteiger partial charge in [0.25, 0.3) is 5.91 Å². The Morgan fingerprint density at radius 2 is 1.85 bits per heavy atom. The second kappa shape index (κ2) is 10.8. The number of anilines is 1. The molecule has 1 atom stereocenters. The van der Waals surface area contributed by atoms with Crippen LogP contribution in [-0.4, -0.2) is 33.0 Å². The molecule has 1 unspecified atom stereocenters. The van der Waals surface area contributed by atoms with Crippen molar-refractivity contribution in [2.75, 3.05) is 11.9 Å². The van der Waals surface area contributed by atoms with E-state index < -0.39 is 5.97 Å². The Hall–Kier alpha value is -3.26. The van der Waals surface area contributed by atoms with Gasteiger partial charge in [0.05, 0.1) is 22.5 Å². The van der Waals surface area contributed by atoms with Crippen molar-refractivity contribution in [3.05, 3.63) is 52.2 Å². The van der Waals surface area contributed by atoms with Gasteiger partial charge in [-0.15, -0.1) is 11.3 Å². The fourth-order valence-corrected chi connectivity index (χ4v) is 4.78. The smallest absolute Gasteiger partial charge is 0.344 e. The second-order valence-electron chi connectivity index (χ2n) is 8.29. The van der Waals surface area contributed by atoms with Crippen LogP contribution in [0.25, 0.3) is 22.2 Å². The first-order chi connectivity index (χ1) is 16.6.